The summed E-state index contributed by atoms with van der Waals surface area (Å²) in [5.41, 5.74) is 0. The second-order valence-electron chi connectivity index (χ2n) is 19.3. The Morgan fingerprint density at radius 2 is 0.972 bits per heavy atom. The highest BCUT2D eigenvalue weighted by molar-refractivity contribution is 5.76. The lowest BCUT2D eigenvalue weighted by Crippen LogP contribution is -2.66. The van der Waals surface area contributed by atoms with Crippen LogP contribution in [0, 0.1) is 0 Å². The van der Waals surface area contributed by atoms with Crippen molar-refractivity contribution < 1.29 is 89.4 Å². The van der Waals surface area contributed by atoms with Gasteiger partial charge in [-0.25, -0.2) is 0 Å². The molecule has 3 aliphatic heterocycles. The molecule has 0 bridgehead atoms. The molecule has 3 heterocycles. The summed E-state index contributed by atoms with van der Waals surface area (Å²) in [6.07, 6.45) is 8.23. The maximum absolute atomic E-state index is 13.2. The van der Waals surface area contributed by atoms with E-state index in [2.05, 4.69) is 55.6 Å². The van der Waals surface area contributed by atoms with Crippen molar-refractivity contribution >= 4 is 5.91 Å². The normalized spacial score (nSPS) is 32.5. The van der Waals surface area contributed by atoms with Crippen LogP contribution in [0.1, 0.15) is 155 Å². The van der Waals surface area contributed by atoms with Crippen molar-refractivity contribution in [3.63, 3.8) is 0 Å². The van der Waals surface area contributed by atoms with Crippen molar-refractivity contribution in [3.8, 4) is 0 Å². The van der Waals surface area contributed by atoms with Crippen molar-refractivity contribution in [1.29, 1.82) is 0 Å². The van der Waals surface area contributed by atoms with Crippen LogP contribution in [0.25, 0.3) is 0 Å². The Labute approximate surface area is 421 Å². The van der Waals surface area contributed by atoms with Gasteiger partial charge in [0.25, 0.3) is 0 Å². The quantitative estimate of drug-likeness (QED) is 0.0314. The first-order valence-electron chi connectivity index (χ1n) is 26.7. The van der Waals surface area contributed by atoms with Gasteiger partial charge in [0.05, 0.1) is 38.6 Å². The van der Waals surface area contributed by atoms with Gasteiger partial charge in [-0.3, -0.25) is 4.79 Å². The minimum atomic E-state index is -1.97. The summed E-state index contributed by atoms with van der Waals surface area (Å²) in [6, 6.07) is -0.899. The van der Waals surface area contributed by atoms with Crippen molar-refractivity contribution in [3.05, 3.63) is 36.5 Å². The second kappa shape index (κ2) is 36.9. The van der Waals surface area contributed by atoms with E-state index < -0.39 is 124 Å². The number of hydrogen-bond donors (Lipinski definition) is 12. The number of rotatable bonds is 37. The summed E-state index contributed by atoms with van der Waals surface area (Å²) in [6.45, 7) is 1.61. The third-order valence-corrected chi connectivity index (χ3v) is 13.5. The molecule has 0 aromatic carbocycles. The average Bonchev–Trinajstić information content (AvgIpc) is 3.36. The van der Waals surface area contributed by atoms with E-state index in [4.69, 9.17) is 28.4 Å². The molecule has 19 heteroatoms. The molecule has 17 unspecified atom stereocenters. The van der Waals surface area contributed by atoms with E-state index in [0.29, 0.717) is 12.8 Å². The minimum absolute atomic E-state index is 0.230. The van der Waals surface area contributed by atoms with Crippen LogP contribution in [0.2, 0.25) is 0 Å². The third-order valence-electron chi connectivity index (χ3n) is 13.5. The minimum Gasteiger partial charge on any atom is -0.394 e. The smallest absolute Gasteiger partial charge is 0.220 e. The summed E-state index contributed by atoms with van der Waals surface area (Å²) in [5, 5.41) is 120. The number of amides is 1. The van der Waals surface area contributed by atoms with Gasteiger partial charge < -0.3 is 89.9 Å². The van der Waals surface area contributed by atoms with Gasteiger partial charge in [0.2, 0.25) is 5.91 Å². The maximum atomic E-state index is 13.2. The molecule has 3 aliphatic rings. The van der Waals surface area contributed by atoms with Gasteiger partial charge >= 0.3 is 0 Å². The Morgan fingerprint density at radius 1 is 0.521 bits per heavy atom. The predicted octanol–water partition coefficient (Wildman–Crippen LogP) is 2.59. The van der Waals surface area contributed by atoms with E-state index >= 15 is 0 Å². The molecule has 71 heavy (non-hydrogen) atoms. The molecule has 0 aromatic rings. The summed E-state index contributed by atoms with van der Waals surface area (Å²) in [5.74, 6) is -0.275. The Bertz CT molecular complexity index is 1450. The molecule has 0 saturated carbocycles. The molecule has 17 atom stereocenters. The number of carbonyl (C=O) groups is 1. The molecular weight excluding hydrogens is 927 g/mol. The molecule has 3 fully saturated rings. The highest BCUT2D eigenvalue weighted by Gasteiger charge is 2.53. The van der Waals surface area contributed by atoms with Gasteiger partial charge in [-0.05, 0) is 44.9 Å². The third kappa shape index (κ3) is 22.4. The summed E-state index contributed by atoms with van der Waals surface area (Å²) >= 11 is 0. The first-order chi connectivity index (χ1) is 34.3. The van der Waals surface area contributed by atoms with Crippen LogP contribution in [0.15, 0.2) is 36.5 Å². The molecule has 0 radical (unpaired) electrons. The number of unbranched alkanes of at least 4 members (excludes halogenated alkanes) is 15. The molecule has 3 rings (SSSR count). The molecule has 414 valence electrons. The summed E-state index contributed by atoms with van der Waals surface area (Å²) in [4.78, 5) is 13.2. The van der Waals surface area contributed by atoms with Crippen molar-refractivity contribution in [2.24, 2.45) is 0 Å². The fraction of sp³-hybridized carbons (Fsp3) is 0.865. The molecule has 1 amide bonds. The number of ether oxygens (including phenoxy) is 6. The molecule has 0 aliphatic carbocycles. The first kappa shape index (κ1) is 63.3. The van der Waals surface area contributed by atoms with Gasteiger partial charge in [-0.2, -0.15) is 0 Å². The van der Waals surface area contributed by atoms with Crippen LogP contribution in [0.3, 0.4) is 0 Å². The van der Waals surface area contributed by atoms with E-state index in [1.165, 1.54) is 57.8 Å². The van der Waals surface area contributed by atoms with Crippen LogP contribution in [-0.4, -0.2) is 193 Å². The molecule has 12 N–H and O–H groups in total. The average molecular weight is 1020 g/mol. The van der Waals surface area contributed by atoms with Gasteiger partial charge in [0.15, 0.2) is 18.9 Å². The standard InChI is InChI=1S/C52H93NO18/c1-3-5-7-9-11-13-15-17-19-21-23-25-27-29-36(57)35(53-40(58)30-28-26-24-22-20-18-16-14-12-10-8-6-4-2)34-66-50-46(64)43(61)48(38(32-55)68-50)71-52-47(65)44(62)49(39(33-56)69-52)70-51-45(63)42(60)41(59)37(31-54)67-51/h6,8,12,14,18,20,35-39,41-52,54-57,59-65H,3-5,7,9-11,13,15-17,19,21-34H2,1-2H3,(H,53,58)/b8-6-,14-12-,20-18-. The second-order valence-corrected chi connectivity index (χ2v) is 19.3. The van der Waals surface area contributed by atoms with Crippen molar-refractivity contribution in [2.45, 2.75) is 259 Å². The summed E-state index contributed by atoms with van der Waals surface area (Å²) < 4.78 is 34.2. The lowest BCUT2D eigenvalue weighted by molar-refractivity contribution is -0.379. The first-order valence-corrected chi connectivity index (χ1v) is 26.7. The van der Waals surface area contributed by atoms with Crippen molar-refractivity contribution in [1.82, 2.24) is 5.32 Å². The van der Waals surface area contributed by atoms with E-state index in [0.717, 1.165) is 64.2 Å². The van der Waals surface area contributed by atoms with Crippen molar-refractivity contribution in [2.75, 3.05) is 26.4 Å². The largest absolute Gasteiger partial charge is 0.394 e. The van der Waals surface area contributed by atoms with E-state index in [1.807, 2.05) is 0 Å². The zero-order chi connectivity index (χ0) is 52.0. The number of aliphatic hydroxyl groups is 11. The fourth-order valence-corrected chi connectivity index (χ4v) is 9.03. The zero-order valence-electron chi connectivity index (χ0n) is 42.4. The maximum Gasteiger partial charge on any atom is 0.220 e. The van der Waals surface area contributed by atoms with Gasteiger partial charge in [0.1, 0.15) is 73.2 Å². The zero-order valence-corrected chi connectivity index (χ0v) is 42.4. The number of carbonyl (C=O) groups excluding carboxylic acids is 1. The van der Waals surface area contributed by atoms with Gasteiger partial charge in [0, 0.05) is 6.42 Å². The van der Waals surface area contributed by atoms with Crippen LogP contribution >= 0.6 is 0 Å². The molecule has 3 saturated heterocycles. The van der Waals surface area contributed by atoms with Crippen LogP contribution in [0.4, 0.5) is 0 Å². The number of hydrogen-bond acceptors (Lipinski definition) is 18. The fourth-order valence-electron chi connectivity index (χ4n) is 9.03. The topological polar surface area (TPSA) is 307 Å². The van der Waals surface area contributed by atoms with E-state index in [9.17, 15) is 61.0 Å². The Hall–Kier alpha value is -1.99. The van der Waals surface area contributed by atoms with Crippen LogP contribution in [-0.2, 0) is 33.2 Å². The Kier molecular flexibility index (Phi) is 32.9. The highest BCUT2D eigenvalue weighted by Crippen LogP contribution is 2.33. The molecular formula is C52H93NO18. The van der Waals surface area contributed by atoms with E-state index in [-0.39, 0.29) is 18.9 Å². The predicted molar refractivity (Wildman–Crippen MR) is 263 cm³/mol. The number of nitrogens with one attached hydrogen (secondary N) is 1. The lowest BCUT2D eigenvalue weighted by atomic mass is 9.96. The molecule has 0 spiro atoms. The molecule has 19 nitrogen and oxygen atoms in total. The lowest BCUT2D eigenvalue weighted by Gasteiger charge is -2.48. The summed E-state index contributed by atoms with van der Waals surface area (Å²) in [7, 11) is 0. The molecule has 0 aromatic heterocycles. The Balaban J connectivity index is 1.55. The Morgan fingerprint density at radius 3 is 1.51 bits per heavy atom. The monoisotopic (exact) mass is 1020 g/mol. The number of aliphatic hydroxyl groups excluding tert-OH is 11. The van der Waals surface area contributed by atoms with E-state index in [1.54, 1.807) is 0 Å². The van der Waals surface area contributed by atoms with Crippen LogP contribution < -0.4 is 5.32 Å². The highest BCUT2D eigenvalue weighted by atomic mass is 16.8. The SMILES string of the molecule is CC/C=C\C/C=C\C/C=C\CCCCCC(=O)NC(COC1OC(CO)C(OC2OC(CO)C(OC3OC(CO)C(O)C(O)C3O)C(O)C2O)C(O)C1O)C(O)CCCCCCCCCCCCCCC. The van der Waals surface area contributed by atoms with Gasteiger partial charge in [-0.1, -0.05) is 140 Å². The van der Waals surface area contributed by atoms with Crippen LogP contribution in [0.5, 0.6) is 0 Å². The number of allylic oxidation sites excluding steroid dienone is 6. The van der Waals surface area contributed by atoms with Gasteiger partial charge in [-0.15, -0.1) is 0 Å².